The molecule has 0 radical (unpaired) electrons. The average molecular weight is 228 g/mol. The van der Waals surface area contributed by atoms with Gasteiger partial charge in [0.25, 0.3) is 0 Å². The number of nitrogens with one attached hydrogen (secondary N) is 1. The maximum Gasteiger partial charge on any atom is 0.220 e. The Balaban J connectivity index is 4.00. The first-order chi connectivity index (χ1) is 7.16. The van der Waals surface area contributed by atoms with Crippen LogP contribution in [-0.2, 0) is 4.79 Å². The highest BCUT2D eigenvalue weighted by Crippen LogP contribution is 2.26. The van der Waals surface area contributed by atoms with Gasteiger partial charge in [-0.15, -0.1) is 0 Å². The highest BCUT2D eigenvalue weighted by Gasteiger charge is 2.26. The summed E-state index contributed by atoms with van der Waals surface area (Å²) in [5.74, 6) is 0.141. The lowest BCUT2D eigenvalue weighted by Gasteiger charge is -2.33. The van der Waals surface area contributed by atoms with Crippen LogP contribution in [0.3, 0.4) is 0 Å². The standard InChI is InChI=1S/C13H28N2O/c1-12(2,3)10-13(4,5)15-11(16)8-6-7-9-14/h6-10,14H2,1-5H3,(H,15,16). The van der Waals surface area contributed by atoms with E-state index in [1.807, 2.05) is 0 Å². The van der Waals surface area contributed by atoms with Gasteiger partial charge in [0.15, 0.2) is 0 Å². The monoisotopic (exact) mass is 228 g/mol. The minimum atomic E-state index is -0.127. The van der Waals surface area contributed by atoms with Gasteiger partial charge in [0, 0.05) is 12.0 Å². The van der Waals surface area contributed by atoms with E-state index in [1.54, 1.807) is 0 Å². The largest absolute Gasteiger partial charge is 0.351 e. The first-order valence-corrected chi connectivity index (χ1v) is 6.17. The lowest BCUT2D eigenvalue weighted by molar-refractivity contribution is -0.123. The summed E-state index contributed by atoms with van der Waals surface area (Å²) in [6.07, 6.45) is 3.37. The van der Waals surface area contributed by atoms with Crippen LogP contribution in [0.2, 0.25) is 0 Å². The molecule has 0 aliphatic rings. The molecule has 0 saturated carbocycles. The van der Waals surface area contributed by atoms with E-state index in [4.69, 9.17) is 5.73 Å². The molecule has 0 saturated heterocycles. The third kappa shape index (κ3) is 8.72. The van der Waals surface area contributed by atoms with Gasteiger partial charge in [-0.1, -0.05) is 20.8 Å². The fourth-order valence-corrected chi connectivity index (χ4v) is 2.24. The molecule has 0 aliphatic heterocycles. The number of hydrogen-bond acceptors (Lipinski definition) is 2. The van der Waals surface area contributed by atoms with E-state index in [1.165, 1.54) is 0 Å². The van der Waals surface area contributed by atoms with Crippen LogP contribution < -0.4 is 11.1 Å². The number of unbranched alkanes of at least 4 members (excludes halogenated alkanes) is 1. The Morgan fingerprint density at radius 1 is 1.12 bits per heavy atom. The molecule has 0 atom stereocenters. The van der Waals surface area contributed by atoms with Crippen LogP contribution >= 0.6 is 0 Å². The lowest BCUT2D eigenvalue weighted by atomic mass is 9.82. The van der Waals surface area contributed by atoms with Crippen molar-refractivity contribution < 1.29 is 4.79 Å². The predicted molar refractivity (Wildman–Crippen MR) is 69.2 cm³/mol. The van der Waals surface area contributed by atoms with Gasteiger partial charge in [0.2, 0.25) is 5.91 Å². The summed E-state index contributed by atoms with van der Waals surface area (Å²) in [5.41, 5.74) is 5.50. The molecule has 0 rings (SSSR count). The van der Waals surface area contributed by atoms with Crippen molar-refractivity contribution in [2.75, 3.05) is 6.54 Å². The van der Waals surface area contributed by atoms with E-state index in [0.29, 0.717) is 13.0 Å². The Bertz CT molecular complexity index is 216. The first kappa shape index (κ1) is 15.4. The number of hydrogen-bond donors (Lipinski definition) is 2. The quantitative estimate of drug-likeness (QED) is 0.686. The Labute approximate surface area is 100 Å². The number of nitrogens with two attached hydrogens (primary N) is 1. The molecule has 3 heteroatoms. The molecule has 3 N–H and O–H groups in total. The van der Waals surface area contributed by atoms with Crippen molar-refractivity contribution in [3.05, 3.63) is 0 Å². The Kier molecular flexibility index (Phi) is 6.01. The molecular weight excluding hydrogens is 200 g/mol. The second-order valence-electron chi connectivity index (χ2n) is 6.42. The smallest absolute Gasteiger partial charge is 0.220 e. The molecule has 0 unspecified atom stereocenters. The van der Waals surface area contributed by atoms with Crippen LogP contribution in [0.15, 0.2) is 0 Å². The summed E-state index contributed by atoms with van der Waals surface area (Å²) in [5, 5.41) is 3.09. The van der Waals surface area contributed by atoms with Crippen molar-refractivity contribution in [2.45, 2.75) is 65.8 Å². The van der Waals surface area contributed by atoms with Crippen molar-refractivity contribution in [1.82, 2.24) is 5.32 Å². The third-order valence-corrected chi connectivity index (χ3v) is 2.31. The van der Waals surface area contributed by atoms with Gasteiger partial charge in [0.05, 0.1) is 0 Å². The summed E-state index contributed by atoms with van der Waals surface area (Å²) >= 11 is 0. The molecule has 1 amide bonds. The van der Waals surface area contributed by atoms with Gasteiger partial charge in [-0.05, 0) is 45.1 Å². The summed E-state index contributed by atoms with van der Waals surface area (Å²) in [4.78, 5) is 11.7. The highest BCUT2D eigenvalue weighted by molar-refractivity contribution is 5.76. The molecule has 96 valence electrons. The summed E-state index contributed by atoms with van der Waals surface area (Å²) in [7, 11) is 0. The molecule has 0 heterocycles. The second kappa shape index (κ2) is 6.24. The van der Waals surface area contributed by atoms with E-state index in [9.17, 15) is 4.79 Å². The molecule has 0 aliphatic carbocycles. The van der Waals surface area contributed by atoms with E-state index >= 15 is 0 Å². The second-order valence-corrected chi connectivity index (χ2v) is 6.42. The summed E-state index contributed by atoms with van der Waals surface area (Å²) in [6.45, 7) is 11.4. The van der Waals surface area contributed by atoms with Crippen molar-refractivity contribution in [2.24, 2.45) is 11.1 Å². The Morgan fingerprint density at radius 3 is 2.12 bits per heavy atom. The van der Waals surface area contributed by atoms with Gasteiger partial charge >= 0.3 is 0 Å². The number of rotatable bonds is 6. The topological polar surface area (TPSA) is 55.1 Å². The lowest BCUT2D eigenvalue weighted by Crippen LogP contribution is -2.45. The Hall–Kier alpha value is -0.570. The van der Waals surface area contributed by atoms with Crippen LogP contribution in [-0.4, -0.2) is 18.0 Å². The molecule has 3 nitrogen and oxygen atoms in total. The number of carbonyl (C=O) groups excluding carboxylic acids is 1. The zero-order chi connectivity index (χ0) is 12.8. The third-order valence-electron chi connectivity index (χ3n) is 2.31. The van der Waals surface area contributed by atoms with Crippen molar-refractivity contribution in [3.63, 3.8) is 0 Å². The van der Waals surface area contributed by atoms with E-state index in [0.717, 1.165) is 19.3 Å². The summed E-state index contributed by atoms with van der Waals surface area (Å²) in [6, 6.07) is 0. The Morgan fingerprint density at radius 2 is 1.69 bits per heavy atom. The van der Waals surface area contributed by atoms with Crippen molar-refractivity contribution in [1.29, 1.82) is 0 Å². The summed E-state index contributed by atoms with van der Waals surface area (Å²) < 4.78 is 0. The molecule has 16 heavy (non-hydrogen) atoms. The van der Waals surface area contributed by atoms with Crippen molar-refractivity contribution >= 4 is 5.91 Å². The molecule has 0 aromatic rings. The van der Waals surface area contributed by atoms with Gasteiger partial charge < -0.3 is 11.1 Å². The van der Waals surface area contributed by atoms with Gasteiger partial charge in [-0.25, -0.2) is 0 Å². The zero-order valence-corrected chi connectivity index (χ0v) is 11.5. The minimum absolute atomic E-state index is 0.127. The normalized spacial score (nSPS) is 12.6. The van der Waals surface area contributed by atoms with Crippen LogP contribution in [0.5, 0.6) is 0 Å². The van der Waals surface area contributed by atoms with Crippen LogP contribution in [0.1, 0.15) is 60.3 Å². The molecule has 0 aromatic carbocycles. The highest BCUT2D eigenvalue weighted by atomic mass is 16.1. The number of amides is 1. The van der Waals surface area contributed by atoms with Crippen molar-refractivity contribution in [3.8, 4) is 0 Å². The van der Waals surface area contributed by atoms with Crippen LogP contribution in [0.25, 0.3) is 0 Å². The number of carbonyl (C=O) groups is 1. The molecule has 0 fully saturated rings. The average Bonchev–Trinajstić information content (AvgIpc) is 1.98. The van der Waals surface area contributed by atoms with Crippen LogP contribution in [0, 0.1) is 5.41 Å². The molecule has 0 spiro atoms. The minimum Gasteiger partial charge on any atom is -0.351 e. The maximum atomic E-state index is 11.7. The molecule has 0 bridgehead atoms. The van der Waals surface area contributed by atoms with Gasteiger partial charge in [-0.2, -0.15) is 0 Å². The van der Waals surface area contributed by atoms with Gasteiger partial charge in [-0.3, -0.25) is 4.79 Å². The fourth-order valence-electron chi connectivity index (χ4n) is 2.24. The predicted octanol–water partition coefficient (Wildman–Crippen LogP) is 2.45. The molecule has 0 aromatic heterocycles. The maximum absolute atomic E-state index is 11.7. The van der Waals surface area contributed by atoms with E-state index in [-0.39, 0.29) is 16.9 Å². The SMILES string of the molecule is CC(C)(C)CC(C)(C)NC(=O)CCCCN. The van der Waals surface area contributed by atoms with Gasteiger partial charge in [0.1, 0.15) is 0 Å². The van der Waals surface area contributed by atoms with E-state index in [2.05, 4.69) is 39.9 Å². The first-order valence-electron chi connectivity index (χ1n) is 6.17. The zero-order valence-electron chi connectivity index (χ0n) is 11.5. The fraction of sp³-hybridized carbons (Fsp3) is 0.923. The molecular formula is C13H28N2O. The van der Waals surface area contributed by atoms with Crippen LogP contribution in [0.4, 0.5) is 0 Å². The van der Waals surface area contributed by atoms with E-state index < -0.39 is 0 Å².